The van der Waals surface area contributed by atoms with Crippen LogP contribution in [0.15, 0.2) is 0 Å². The van der Waals surface area contributed by atoms with E-state index in [-0.39, 0.29) is 6.10 Å². The van der Waals surface area contributed by atoms with E-state index in [0.717, 1.165) is 10.9 Å². The molecule has 2 nitrogen and oxygen atoms in total. The highest BCUT2D eigenvalue weighted by Crippen LogP contribution is 2.35. The molecule has 0 radical (unpaired) electrons. The standard InChI is InChI=1S/C10H22NO/c1-5-7-11(4)8(3)10(12)9(11)6-2/h8-10,12H,5-7H2,1-4H3/q+1/t8?,9-,10?,11?/m0/s1. The van der Waals surface area contributed by atoms with E-state index in [0.29, 0.717) is 12.1 Å². The molecule has 0 aromatic carbocycles. The van der Waals surface area contributed by atoms with Crippen LogP contribution in [-0.2, 0) is 0 Å². The van der Waals surface area contributed by atoms with Gasteiger partial charge in [0.1, 0.15) is 12.1 Å². The maximum Gasteiger partial charge on any atom is 0.157 e. The van der Waals surface area contributed by atoms with Gasteiger partial charge in [-0.25, -0.2) is 0 Å². The van der Waals surface area contributed by atoms with Crippen molar-refractivity contribution in [3.8, 4) is 0 Å². The molecule has 1 aliphatic rings. The van der Waals surface area contributed by atoms with Crippen LogP contribution in [0.1, 0.15) is 33.6 Å². The SMILES string of the molecule is CCC[N+]1(C)C(C)C(O)[C@@H]1CC. The second-order valence-corrected chi connectivity index (χ2v) is 4.28. The molecule has 0 bridgehead atoms. The monoisotopic (exact) mass is 172 g/mol. The fourth-order valence-electron chi connectivity index (χ4n) is 2.73. The summed E-state index contributed by atoms with van der Waals surface area (Å²) in [7, 11) is 2.27. The Kier molecular flexibility index (Phi) is 2.79. The van der Waals surface area contributed by atoms with Crippen molar-refractivity contribution in [2.45, 2.75) is 51.8 Å². The Bertz CT molecular complexity index is 160. The van der Waals surface area contributed by atoms with Gasteiger partial charge in [-0.15, -0.1) is 0 Å². The van der Waals surface area contributed by atoms with Gasteiger partial charge in [-0.1, -0.05) is 13.8 Å². The minimum Gasteiger partial charge on any atom is -0.381 e. The van der Waals surface area contributed by atoms with E-state index >= 15 is 0 Å². The second-order valence-electron chi connectivity index (χ2n) is 4.28. The highest BCUT2D eigenvalue weighted by atomic mass is 16.3. The van der Waals surface area contributed by atoms with Crippen LogP contribution < -0.4 is 0 Å². The molecule has 0 aromatic heterocycles. The Balaban J connectivity index is 2.63. The molecule has 0 amide bonds. The number of likely N-dealkylation sites (tertiary alicyclic amines) is 1. The van der Waals surface area contributed by atoms with Crippen LogP contribution in [0, 0.1) is 0 Å². The lowest BCUT2D eigenvalue weighted by atomic mass is 9.84. The third-order valence-electron chi connectivity index (χ3n) is 3.70. The summed E-state index contributed by atoms with van der Waals surface area (Å²) in [6.45, 7) is 7.75. The zero-order valence-corrected chi connectivity index (χ0v) is 8.75. The van der Waals surface area contributed by atoms with Crippen molar-refractivity contribution < 1.29 is 9.59 Å². The van der Waals surface area contributed by atoms with E-state index in [1.165, 1.54) is 13.0 Å². The molecular weight excluding hydrogens is 150 g/mol. The predicted molar refractivity (Wildman–Crippen MR) is 50.9 cm³/mol. The Labute approximate surface area is 75.8 Å². The molecule has 12 heavy (non-hydrogen) atoms. The second kappa shape index (κ2) is 3.35. The fourth-order valence-corrected chi connectivity index (χ4v) is 2.73. The van der Waals surface area contributed by atoms with Crippen LogP contribution >= 0.6 is 0 Å². The van der Waals surface area contributed by atoms with Crippen LogP contribution in [0.2, 0.25) is 0 Å². The van der Waals surface area contributed by atoms with Crippen molar-refractivity contribution in [2.24, 2.45) is 0 Å². The van der Waals surface area contributed by atoms with E-state index < -0.39 is 0 Å². The number of aliphatic hydroxyl groups excluding tert-OH is 1. The van der Waals surface area contributed by atoms with Crippen molar-refractivity contribution in [1.29, 1.82) is 0 Å². The predicted octanol–water partition coefficient (Wildman–Crippen LogP) is 1.38. The minimum absolute atomic E-state index is 0.0634. The molecule has 1 rings (SSSR count). The molecule has 3 unspecified atom stereocenters. The summed E-state index contributed by atoms with van der Waals surface area (Å²) in [5.41, 5.74) is 0. The third-order valence-corrected chi connectivity index (χ3v) is 3.70. The molecule has 1 N–H and O–H groups in total. The summed E-state index contributed by atoms with van der Waals surface area (Å²) in [5.74, 6) is 0. The molecule has 1 fully saturated rings. The molecule has 0 spiro atoms. The Morgan fingerprint density at radius 2 is 1.92 bits per heavy atom. The van der Waals surface area contributed by atoms with E-state index in [4.69, 9.17) is 0 Å². The third kappa shape index (κ3) is 1.17. The van der Waals surface area contributed by atoms with E-state index in [2.05, 4.69) is 27.8 Å². The first-order chi connectivity index (χ1) is 5.57. The number of rotatable bonds is 3. The van der Waals surface area contributed by atoms with Crippen molar-refractivity contribution in [1.82, 2.24) is 0 Å². The molecule has 1 aliphatic heterocycles. The van der Waals surface area contributed by atoms with E-state index in [1.54, 1.807) is 0 Å². The lowest BCUT2D eigenvalue weighted by Gasteiger charge is -2.58. The minimum atomic E-state index is -0.0634. The van der Waals surface area contributed by atoms with Gasteiger partial charge in [0, 0.05) is 0 Å². The van der Waals surface area contributed by atoms with Gasteiger partial charge in [-0.3, -0.25) is 0 Å². The topological polar surface area (TPSA) is 20.2 Å². The number of quaternary nitrogens is 1. The molecule has 2 heteroatoms. The average Bonchev–Trinajstić information content (AvgIpc) is 2.05. The normalized spacial score (nSPS) is 47.2. The summed E-state index contributed by atoms with van der Waals surface area (Å²) in [4.78, 5) is 0. The lowest BCUT2D eigenvalue weighted by Crippen LogP contribution is -2.77. The van der Waals surface area contributed by atoms with Crippen molar-refractivity contribution >= 4 is 0 Å². The quantitative estimate of drug-likeness (QED) is 0.638. The number of likely N-dealkylation sites (N-methyl/N-ethyl adjacent to an activating group) is 1. The highest BCUT2D eigenvalue weighted by Gasteiger charge is 2.55. The molecule has 1 heterocycles. The summed E-state index contributed by atoms with van der Waals surface area (Å²) in [6, 6.07) is 0.926. The first-order valence-electron chi connectivity index (χ1n) is 5.10. The Morgan fingerprint density at radius 1 is 1.33 bits per heavy atom. The van der Waals surface area contributed by atoms with Gasteiger partial charge in [0.25, 0.3) is 0 Å². The number of hydrogen-bond donors (Lipinski definition) is 1. The molecule has 0 aromatic rings. The maximum atomic E-state index is 9.72. The maximum absolute atomic E-state index is 9.72. The largest absolute Gasteiger partial charge is 0.381 e. The fraction of sp³-hybridized carbons (Fsp3) is 1.00. The zero-order chi connectivity index (χ0) is 9.35. The van der Waals surface area contributed by atoms with Crippen LogP contribution in [0.25, 0.3) is 0 Å². The Morgan fingerprint density at radius 3 is 2.33 bits per heavy atom. The molecular formula is C10H22NO+. The van der Waals surface area contributed by atoms with Crippen molar-refractivity contribution in [2.75, 3.05) is 13.6 Å². The number of aliphatic hydroxyl groups is 1. The van der Waals surface area contributed by atoms with Gasteiger partial charge in [0.05, 0.1) is 13.6 Å². The summed E-state index contributed by atoms with van der Waals surface area (Å²) in [6.07, 6.45) is 2.25. The zero-order valence-electron chi connectivity index (χ0n) is 8.75. The van der Waals surface area contributed by atoms with E-state index in [1.807, 2.05) is 0 Å². The molecule has 72 valence electrons. The molecule has 4 atom stereocenters. The van der Waals surface area contributed by atoms with Crippen LogP contribution in [-0.4, -0.2) is 41.4 Å². The summed E-state index contributed by atoms with van der Waals surface area (Å²) < 4.78 is 1.08. The number of hydrogen-bond acceptors (Lipinski definition) is 1. The van der Waals surface area contributed by atoms with Gasteiger partial charge in [0.15, 0.2) is 6.10 Å². The number of nitrogens with zero attached hydrogens (tertiary/aromatic N) is 1. The van der Waals surface area contributed by atoms with Crippen LogP contribution in [0.5, 0.6) is 0 Å². The molecule has 0 aliphatic carbocycles. The van der Waals surface area contributed by atoms with Gasteiger partial charge < -0.3 is 9.59 Å². The summed E-state index contributed by atoms with van der Waals surface area (Å²) in [5, 5.41) is 9.72. The van der Waals surface area contributed by atoms with Crippen LogP contribution in [0.3, 0.4) is 0 Å². The van der Waals surface area contributed by atoms with Crippen molar-refractivity contribution in [3.05, 3.63) is 0 Å². The van der Waals surface area contributed by atoms with Gasteiger partial charge in [-0.2, -0.15) is 0 Å². The first-order valence-corrected chi connectivity index (χ1v) is 5.10. The Hall–Kier alpha value is -0.0800. The van der Waals surface area contributed by atoms with Gasteiger partial charge in [0.2, 0.25) is 0 Å². The van der Waals surface area contributed by atoms with Gasteiger partial charge in [-0.05, 0) is 19.8 Å². The smallest absolute Gasteiger partial charge is 0.157 e. The molecule has 1 saturated heterocycles. The van der Waals surface area contributed by atoms with E-state index in [9.17, 15) is 5.11 Å². The molecule has 0 saturated carbocycles. The average molecular weight is 172 g/mol. The summed E-state index contributed by atoms with van der Waals surface area (Å²) >= 11 is 0. The highest BCUT2D eigenvalue weighted by molar-refractivity contribution is 4.85. The lowest BCUT2D eigenvalue weighted by molar-refractivity contribution is -1.01. The van der Waals surface area contributed by atoms with Crippen LogP contribution in [0.4, 0.5) is 0 Å². The van der Waals surface area contributed by atoms with Crippen molar-refractivity contribution in [3.63, 3.8) is 0 Å². The first kappa shape index (κ1) is 10.0. The van der Waals surface area contributed by atoms with Gasteiger partial charge >= 0.3 is 0 Å².